The van der Waals surface area contributed by atoms with Gasteiger partial charge in [-0.2, -0.15) is 0 Å². The summed E-state index contributed by atoms with van der Waals surface area (Å²) in [5.41, 5.74) is 0. The molecular weight excluding hydrogens is 162 g/mol. The summed E-state index contributed by atoms with van der Waals surface area (Å²) in [5, 5.41) is 9.97. The predicted octanol–water partition coefficient (Wildman–Crippen LogP) is 2.47. The van der Waals surface area contributed by atoms with Crippen molar-refractivity contribution < 1.29 is 5.11 Å². The molecule has 0 aromatic rings. The van der Waals surface area contributed by atoms with E-state index < -0.39 is 0 Å². The number of hydrogen-bond acceptors (Lipinski definition) is 2. The topological polar surface area (TPSA) is 23.5 Å². The lowest BCUT2D eigenvalue weighted by atomic mass is 10.0. The molecule has 0 aromatic heterocycles. The Kier molecular flexibility index (Phi) is 7.29. The van der Waals surface area contributed by atoms with Crippen LogP contribution in [0, 0.1) is 5.92 Å². The first-order valence-electron chi connectivity index (χ1n) is 5.59. The largest absolute Gasteiger partial charge is 0.378 e. The van der Waals surface area contributed by atoms with Gasteiger partial charge in [0, 0.05) is 6.54 Å². The zero-order chi connectivity index (χ0) is 10.3. The number of rotatable bonds is 7. The molecule has 2 heteroatoms. The van der Waals surface area contributed by atoms with Gasteiger partial charge < -0.3 is 5.11 Å². The van der Waals surface area contributed by atoms with Gasteiger partial charge in [0.05, 0.1) is 0 Å². The fourth-order valence-corrected chi connectivity index (χ4v) is 1.73. The molecule has 2 nitrogen and oxygen atoms in total. The molecule has 0 rings (SSSR count). The molecule has 0 aliphatic heterocycles. The van der Waals surface area contributed by atoms with Crippen LogP contribution in [0.15, 0.2) is 0 Å². The lowest BCUT2D eigenvalue weighted by Crippen LogP contribution is -2.40. The van der Waals surface area contributed by atoms with Crippen LogP contribution in [0.1, 0.15) is 47.0 Å². The van der Waals surface area contributed by atoms with Gasteiger partial charge in [0.25, 0.3) is 0 Å². The highest BCUT2D eigenvalue weighted by molar-refractivity contribution is 4.65. The Labute approximate surface area is 82.9 Å². The van der Waals surface area contributed by atoms with Crippen LogP contribution in [0.2, 0.25) is 0 Å². The van der Waals surface area contributed by atoms with Gasteiger partial charge >= 0.3 is 0 Å². The van der Waals surface area contributed by atoms with Gasteiger partial charge in [-0.3, -0.25) is 4.90 Å². The van der Waals surface area contributed by atoms with Crippen molar-refractivity contribution in [1.29, 1.82) is 0 Å². The average Bonchev–Trinajstić information content (AvgIpc) is 2.13. The summed E-state index contributed by atoms with van der Waals surface area (Å²) in [6.45, 7) is 10.5. The average molecular weight is 187 g/mol. The molecule has 80 valence electrons. The van der Waals surface area contributed by atoms with Crippen molar-refractivity contribution in [1.82, 2.24) is 4.90 Å². The number of aliphatic hydroxyl groups excluding tert-OH is 1. The Bertz CT molecular complexity index is 117. The quantitative estimate of drug-likeness (QED) is 0.619. The molecule has 0 aliphatic rings. The minimum absolute atomic E-state index is 0.245. The lowest BCUT2D eigenvalue weighted by Gasteiger charge is -2.30. The van der Waals surface area contributed by atoms with Crippen LogP contribution in [0.4, 0.5) is 0 Å². The van der Waals surface area contributed by atoms with Crippen molar-refractivity contribution >= 4 is 0 Å². The molecule has 0 spiro atoms. The molecule has 0 amide bonds. The van der Waals surface area contributed by atoms with Crippen LogP contribution >= 0.6 is 0 Å². The first-order valence-corrected chi connectivity index (χ1v) is 5.59. The fraction of sp³-hybridized carbons (Fsp3) is 1.00. The van der Waals surface area contributed by atoms with E-state index in [1.165, 1.54) is 0 Å². The molecule has 0 radical (unpaired) electrons. The van der Waals surface area contributed by atoms with E-state index >= 15 is 0 Å². The Hall–Kier alpha value is -0.0800. The summed E-state index contributed by atoms with van der Waals surface area (Å²) in [5.74, 6) is 0.400. The van der Waals surface area contributed by atoms with Crippen LogP contribution in [0.3, 0.4) is 0 Å². The second kappa shape index (κ2) is 7.34. The number of nitrogens with zero attached hydrogens (tertiary/aromatic N) is 1. The van der Waals surface area contributed by atoms with E-state index in [0.29, 0.717) is 5.92 Å². The van der Waals surface area contributed by atoms with Crippen molar-refractivity contribution in [3.63, 3.8) is 0 Å². The van der Waals surface area contributed by atoms with E-state index in [9.17, 15) is 5.11 Å². The fourth-order valence-electron chi connectivity index (χ4n) is 1.73. The molecule has 0 aromatic carbocycles. The number of aliphatic hydroxyl groups is 1. The molecular formula is C11H25NO. The van der Waals surface area contributed by atoms with Crippen LogP contribution in [-0.4, -0.2) is 29.3 Å². The zero-order valence-electron chi connectivity index (χ0n) is 9.58. The highest BCUT2D eigenvalue weighted by atomic mass is 16.3. The third-order valence-corrected chi connectivity index (χ3v) is 2.54. The van der Waals surface area contributed by atoms with E-state index in [1.54, 1.807) is 0 Å². The standard InChI is InChI=1S/C11H25NO/c1-5-8-10(4)11(13)12(7-3)9-6-2/h10-11,13H,5-9H2,1-4H3/t10-,11?/m0/s1. The SMILES string of the molecule is CCC[C@H](C)C(O)N(CC)CCC. The van der Waals surface area contributed by atoms with E-state index in [-0.39, 0.29) is 6.23 Å². The van der Waals surface area contributed by atoms with E-state index in [4.69, 9.17) is 0 Å². The Morgan fingerprint density at radius 2 is 1.77 bits per heavy atom. The summed E-state index contributed by atoms with van der Waals surface area (Å²) in [7, 11) is 0. The molecule has 13 heavy (non-hydrogen) atoms. The molecule has 0 bridgehead atoms. The highest BCUT2D eigenvalue weighted by Crippen LogP contribution is 2.14. The maximum Gasteiger partial charge on any atom is 0.109 e. The zero-order valence-corrected chi connectivity index (χ0v) is 9.58. The monoisotopic (exact) mass is 187 g/mol. The van der Waals surface area contributed by atoms with Crippen molar-refractivity contribution in [2.75, 3.05) is 13.1 Å². The van der Waals surface area contributed by atoms with Crippen LogP contribution in [-0.2, 0) is 0 Å². The van der Waals surface area contributed by atoms with Crippen molar-refractivity contribution in [3.05, 3.63) is 0 Å². The molecule has 0 saturated carbocycles. The molecule has 0 saturated heterocycles. The molecule has 2 atom stereocenters. The van der Waals surface area contributed by atoms with Gasteiger partial charge in [-0.15, -0.1) is 0 Å². The van der Waals surface area contributed by atoms with Gasteiger partial charge in [-0.1, -0.05) is 34.1 Å². The second-order valence-electron chi connectivity index (χ2n) is 3.81. The van der Waals surface area contributed by atoms with Crippen molar-refractivity contribution in [2.24, 2.45) is 5.92 Å². The molecule has 0 fully saturated rings. The molecule has 0 aliphatic carbocycles. The number of hydrogen-bond donors (Lipinski definition) is 1. The third-order valence-electron chi connectivity index (χ3n) is 2.54. The van der Waals surface area contributed by atoms with Crippen LogP contribution in [0.25, 0.3) is 0 Å². The summed E-state index contributed by atoms with van der Waals surface area (Å²) in [6.07, 6.45) is 3.14. The van der Waals surface area contributed by atoms with Gasteiger partial charge in [-0.05, 0) is 25.3 Å². The Balaban J connectivity index is 3.94. The van der Waals surface area contributed by atoms with Crippen molar-refractivity contribution in [2.45, 2.75) is 53.2 Å². The molecule has 0 heterocycles. The highest BCUT2D eigenvalue weighted by Gasteiger charge is 2.18. The lowest BCUT2D eigenvalue weighted by molar-refractivity contribution is -0.0344. The maximum absolute atomic E-state index is 9.97. The molecule has 1 N–H and O–H groups in total. The Morgan fingerprint density at radius 1 is 1.15 bits per heavy atom. The van der Waals surface area contributed by atoms with Gasteiger partial charge in [0.2, 0.25) is 0 Å². The first kappa shape index (κ1) is 12.9. The maximum atomic E-state index is 9.97. The smallest absolute Gasteiger partial charge is 0.109 e. The minimum Gasteiger partial charge on any atom is -0.378 e. The summed E-state index contributed by atoms with van der Waals surface area (Å²) < 4.78 is 0. The van der Waals surface area contributed by atoms with Crippen LogP contribution < -0.4 is 0 Å². The van der Waals surface area contributed by atoms with Gasteiger partial charge in [0.15, 0.2) is 0 Å². The normalized spacial score (nSPS) is 16.2. The molecule has 1 unspecified atom stereocenters. The van der Waals surface area contributed by atoms with E-state index in [1.807, 2.05) is 0 Å². The summed E-state index contributed by atoms with van der Waals surface area (Å²) in [6, 6.07) is 0. The van der Waals surface area contributed by atoms with Gasteiger partial charge in [-0.25, -0.2) is 0 Å². The predicted molar refractivity (Wildman–Crippen MR) is 57.6 cm³/mol. The first-order chi connectivity index (χ1) is 6.17. The third kappa shape index (κ3) is 4.63. The summed E-state index contributed by atoms with van der Waals surface area (Å²) in [4.78, 5) is 2.15. The minimum atomic E-state index is -0.245. The van der Waals surface area contributed by atoms with Crippen molar-refractivity contribution in [3.8, 4) is 0 Å². The summed E-state index contributed by atoms with van der Waals surface area (Å²) >= 11 is 0. The van der Waals surface area contributed by atoms with Crippen LogP contribution in [0.5, 0.6) is 0 Å². The Morgan fingerprint density at radius 3 is 2.15 bits per heavy atom. The van der Waals surface area contributed by atoms with E-state index in [2.05, 4.69) is 32.6 Å². The van der Waals surface area contributed by atoms with E-state index in [0.717, 1.165) is 32.4 Å². The second-order valence-corrected chi connectivity index (χ2v) is 3.81. The van der Waals surface area contributed by atoms with Gasteiger partial charge in [0.1, 0.15) is 6.23 Å².